The zero-order valence-electron chi connectivity index (χ0n) is 19.2. The summed E-state index contributed by atoms with van der Waals surface area (Å²) < 4.78 is 13.1. The summed E-state index contributed by atoms with van der Waals surface area (Å²) in [6.45, 7) is 3.45. The molecule has 4 heterocycles. The standard InChI is InChI=1S/C26H25N5O3/c1-16-24-19(26(32)30(2)15-17-6-9-21-22(13-17)34-12-11-33-21)14-20(18-7-8-18)28-25(24)31(29-16)23-5-3-4-10-27-23/h3-6,9-10,13-14,18H,7-8,11-12,15H2,1-2H3. The quantitative estimate of drug-likeness (QED) is 0.452. The van der Waals surface area contributed by atoms with E-state index in [0.717, 1.165) is 46.7 Å². The van der Waals surface area contributed by atoms with Crippen molar-refractivity contribution in [1.29, 1.82) is 0 Å². The Morgan fingerprint density at radius 2 is 1.94 bits per heavy atom. The molecule has 1 amide bonds. The average molecular weight is 456 g/mol. The molecule has 8 heteroatoms. The molecule has 8 nitrogen and oxygen atoms in total. The van der Waals surface area contributed by atoms with Crippen LogP contribution in [0.3, 0.4) is 0 Å². The van der Waals surface area contributed by atoms with Crippen molar-refractivity contribution in [3.8, 4) is 17.3 Å². The number of aromatic nitrogens is 4. The maximum Gasteiger partial charge on any atom is 0.254 e. The van der Waals surface area contributed by atoms with Gasteiger partial charge >= 0.3 is 0 Å². The molecular weight excluding hydrogens is 430 g/mol. The monoisotopic (exact) mass is 455 g/mol. The molecule has 1 saturated carbocycles. The third kappa shape index (κ3) is 3.65. The molecule has 1 aromatic carbocycles. The molecule has 0 bridgehead atoms. The Morgan fingerprint density at radius 3 is 2.71 bits per heavy atom. The van der Waals surface area contributed by atoms with Gasteiger partial charge in [-0.1, -0.05) is 12.1 Å². The van der Waals surface area contributed by atoms with Gasteiger partial charge in [0.05, 0.1) is 16.6 Å². The largest absolute Gasteiger partial charge is 0.486 e. The number of hydrogen-bond donors (Lipinski definition) is 0. The number of ether oxygens (including phenoxy) is 2. The Kier molecular flexibility index (Phi) is 4.94. The van der Waals surface area contributed by atoms with Gasteiger partial charge in [-0.2, -0.15) is 9.78 Å². The van der Waals surface area contributed by atoms with E-state index >= 15 is 0 Å². The Labute approximate surface area is 197 Å². The third-order valence-electron chi connectivity index (χ3n) is 6.30. The lowest BCUT2D eigenvalue weighted by atomic mass is 10.1. The highest BCUT2D eigenvalue weighted by atomic mass is 16.6. The zero-order chi connectivity index (χ0) is 23.2. The summed E-state index contributed by atoms with van der Waals surface area (Å²) in [5, 5.41) is 5.48. The smallest absolute Gasteiger partial charge is 0.254 e. The van der Waals surface area contributed by atoms with E-state index in [1.165, 1.54) is 0 Å². The van der Waals surface area contributed by atoms with Gasteiger partial charge in [-0.25, -0.2) is 9.97 Å². The van der Waals surface area contributed by atoms with Gasteiger partial charge in [-0.3, -0.25) is 4.79 Å². The number of pyridine rings is 2. The number of aryl methyl sites for hydroxylation is 1. The number of fused-ring (bicyclic) bond motifs is 2. The Hall–Kier alpha value is -3.94. The highest BCUT2D eigenvalue weighted by Crippen LogP contribution is 2.41. The van der Waals surface area contributed by atoms with Crippen molar-refractivity contribution in [3.05, 3.63) is 71.2 Å². The molecule has 2 aliphatic rings. The van der Waals surface area contributed by atoms with Crippen LogP contribution in [0.15, 0.2) is 48.7 Å². The molecule has 1 fully saturated rings. The van der Waals surface area contributed by atoms with Gasteiger partial charge in [0.1, 0.15) is 13.2 Å². The second-order valence-corrected chi connectivity index (χ2v) is 8.89. The van der Waals surface area contributed by atoms with E-state index in [1.54, 1.807) is 15.8 Å². The summed E-state index contributed by atoms with van der Waals surface area (Å²) in [7, 11) is 1.82. The molecule has 4 aromatic rings. The number of rotatable bonds is 5. The lowest BCUT2D eigenvalue weighted by Crippen LogP contribution is -2.27. The summed E-state index contributed by atoms with van der Waals surface area (Å²) in [6.07, 6.45) is 3.92. The van der Waals surface area contributed by atoms with Crippen LogP contribution in [0.4, 0.5) is 0 Å². The zero-order valence-corrected chi connectivity index (χ0v) is 19.2. The normalized spacial score (nSPS) is 14.9. The minimum atomic E-state index is -0.0622. The van der Waals surface area contributed by atoms with E-state index in [9.17, 15) is 4.79 Å². The molecular formula is C26H25N5O3. The van der Waals surface area contributed by atoms with Gasteiger partial charge in [0.25, 0.3) is 5.91 Å². The fourth-order valence-corrected chi connectivity index (χ4v) is 4.44. The maximum atomic E-state index is 13.7. The number of amides is 1. The van der Waals surface area contributed by atoms with Gasteiger partial charge in [0, 0.05) is 31.4 Å². The molecule has 0 spiro atoms. The van der Waals surface area contributed by atoms with Crippen LogP contribution in [0.25, 0.3) is 16.9 Å². The summed E-state index contributed by atoms with van der Waals surface area (Å²) in [6, 6.07) is 13.5. The summed E-state index contributed by atoms with van der Waals surface area (Å²) in [5.41, 5.74) is 3.99. The first-order valence-corrected chi connectivity index (χ1v) is 11.5. The van der Waals surface area contributed by atoms with Gasteiger partial charge < -0.3 is 14.4 Å². The van der Waals surface area contributed by atoms with Crippen LogP contribution < -0.4 is 9.47 Å². The summed E-state index contributed by atoms with van der Waals surface area (Å²) >= 11 is 0. The lowest BCUT2D eigenvalue weighted by molar-refractivity contribution is 0.0786. The van der Waals surface area contributed by atoms with Gasteiger partial charge in [-0.15, -0.1) is 0 Å². The van der Waals surface area contributed by atoms with Crippen LogP contribution in [-0.4, -0.2) is 50.8 Å². The Morgan fingerprint density at radius 1 is 1.12 bits per heavy atom. The van der Waals surface area contributed by atoms with Crippen LogP contribution in [0.5, 0.6) is 11.5 Å². The van der Waals surface area contributed by atoms with Crippen molar-refractivity contribution >= 4 is 16.9 Å². The molecule has 0 saturated heterocycles. The molecule has 0 radical (unpaired) electrons. The van der Waals surface area contributed by atoms with Crippen molar-refractivity contribution in [2.24, 2.45) is 0 Å². The fraction of sp³-hybridized carbons (Fsp3) is 0.308. The number of carbonyl (C=O) groups is 1. The topological polar surface area (TPSA) is 82.4 Å². The number of nitrogens with zero attached hydrogens (tertiary/aromatic N) is 5. The first-order valence-electron chi connectivity index (χ1n) is 11.5. The Balaban J connectivity index is 1.38. The van der Waals surface area contributed by atoms with Crippen LogP contribution in [0, 0.1) is 6.92 Å². The van der Waals surface area contributed by atoms with E-state index in [1.807, 2.05) is 56.4 Å². The van der Waals surface area contributed by atoms with Gasteiger partial charge in [-0.05, 0) is 55.7 Å². The van der Waals surface area contributed by atoms with Crippen molar-refractivity contribution in [2.45, 2.75) is 32.2 Å². The molecule has 1 aliphatic carbocycles. The molecule has 172 valence electrons. The fourth-order valence-electron chi connectivity index (χ4n) is 4.44. The molecule has 0 atom stereocenters. The first-order chi connectivity index (χ1) is 16.6. The predicted molar refractivity (Wildman–Crippen MR) is 127 cm³/mol. The number of hydrogen-bond acceptors (Lipinski definition) is 6. The minimum Gasteiger partial charge on any atom is -0.486 e. The Bertz CT molecular complexity index is 1390. The maximum absolute atomic E-state index is 13.7. The van der Waals surface area contributed by atoms with Crippen molar-refractivity contribution in [1.82, 2.24) is 24.6 Å². The molecule has 6 rings (SSSR count). The van der Waals surface area contributed by atoms with Crippen LogP contribution >= 0.6 is 0 Å². The summed E-state index contributed by atoms with van der Waals surface area (Å²) in [4.78, 5) is 24.8. The first kappa shape index (κ1) is 20.7. The summed E-state index contributed by atoms with van der Waals surface area (Å²) in [5.74, 6) is 2.48. The second kappa shape index (κ2) is 8.13. The predicted octanol–water partition coefficient (Wildman–Crippen LogP) is 4.04. The van der Waals surface area contributed by atoms with E-state index in [0.29, 0.717) is 42.7 Å². The molecule has 34 heavy (non-hydrogen) atoms. The SMILES string of the molecule is Cc1nn(-c2ccccn2)c2nc(C3CC3)cc(C(=O)N(C)Cc3ccc4c(c3)OCCO4)c12. The van der Waals surface area contributed by atoms with E-state index in [-0.39, 0.29) is 5.91 Å². The third-order valence-corrected chi connectivity index (χ3v) is 6.30. The lowest BCUT2D eigenvalue weighted by Gasteiger charge is -2.21. The molecule has 0 unspecified atom stereocenters. The van der Waals surface area contributed by atoms with Crippen LogP contribution in [0.1, 0.15) is 46.1 Å². The van der Waals surface area contributed by atoms with E-state index < -0.39 is 0 Å². The van der Waals surface area contributed by atoms with E-state index in [4.69, 9.17) is 19.6 Å². The van der Waals surface area contributed by atoms with Crippen molar-refractivity contribution in [3.63, 3.8) is 0 Å². The van der Waals surface area contributed by atoms with Crippen molar-refractivity contribution < 1.29 is 14.3 Å². The minimum absolute atomic E-state index is 0.0622. The van der Waals surface area contributed by atoms with Crippen LogP contribution in [-0.2, 0) is 6.54 Å². The molecule has 1 aliphatic heterocycles. The van der Waals surface area contributed by atoms with Crippen LogP contribution in [0.2, 0.25) is 0 Å². The number of carbonyl (C=O) groups excluding carboxylic acids is 1. The molecule has 0 N–H and O–H groups in total. The van der Waals surface area contributed by atoms with Gasteiger partial charge in [0.15, 0.2) is 23.0 Å². The number of benzene rings is 1. The van der Waals surface area contributed by atoms with Gasteiger partial charge in [0.2, 0.25) is 0 Å². The highest BCUT2D eigenvalue weighted by Gasteiger charge is 2.30. The average Bonchev–Trinajstić information content (AvgIpc) is 3.67. The molecule has 3 aromatic heterocycles. The van der Waals surface area contributed by atoms with Crippen molar-refractivity contribution in [2.75, 3.05) is 20.3 Å². The second-order valence-electron chi connectivity index (χ2n) is 8.89. The van der Waals surface area contributed by atoms with E-state index in [2.05, 4.69) is 4.98 Å². The highest BCUT2D eigenvalue weighted by molar-refractivity contribution is 6.06.